The number of aryl methyl sites for hydroxylation is 1. The van der Waals surface area contributed by atoms with Crippen LogP contribution in [0.5, 0.6) is 0 Å². The SMILES string of the molecule is O=CNCCCCCCCc1ccccc1. The van der Waals surface area contributed by atoms with E-state index in [2.05, 4.69) is 35.6 Å². The zero-order chi connectivity index (χ0) is 11.5. The molecule has 16 heavy (non-hydrogen) atoms. The molecule has 0 radical (unpaired) electrons. The summed E-state index contributed by atoms with van der Waals surface area (Å²) in [6, 6.07) is 10.6. The highest BCUT2D eigenvalue weighted by atomic mass is 16.1. The van der Waals surface area contributed by atoms with Crippen LogP contribution in [0.1, 0.15) is 37.7 Å². The highest BCUT2D eigenvalue weighted by Crippen LogP contribution is 2.08. The first-order valence-corrected chi connectivity index (χ1v) is 6.14. The zero-order valence-electron chi connectivity index (χ0n) is 9.82. The summed E-state index contributed by atoms with van der Waals surface area (Å²) < 4.78 is 0. The van der Waals surface area contributed by atoms with Crippen LogP contribution in [0.15, 0.2) is 30.3 Å². The predicted molar refractivity (Wildman–Crippen MR) is 67.3 cm³/mol. The largest absolute Gasteiger partial charge is 0.359 e. The Morgan fingerprint density at radius 2 is 1.62 bits per heavy atom. The lowest BCUT2D eigenvalue weighted by Gasteiger charge is -2.02. The van der Waals surface area contributed by atoms with Crippen LogP contribution in [0.4, 0.5) is 0 Å². The summed E-state index contributed by atoms with van der Waals surface area (Å²) in [5, 5.41) is 2.68. The summed E-state index contributed by atoms with van der Waals surface area (Å²) in [6.07, 6.45) is 8.11. The van der Waals surface area contributed by atoms with Crippen molar-refractivity contribution in [2.45, 2.75) is 38.5 Å². The van der Waals surface area contributed by atoms with Crippen molar-refractivity contribution in [3.05, 3.63) is 35.9 Å². The Labute approximate surface area is 98.1 Å². The molecule has 0 aliphatic heterocycles. The van der Waals surface area contributed by atoms with Crippen LogP contribution < -0.4 is 5.32 Å². The molecule has 0 heterocycles. The van der Waals surface area contributed by atoms with E-state index in [4.69, 9.17) is 0 Å². The van der Waals surface area contributed by atoms with Crippen LogP contribution in [-0.4, -0.2) is 13.0 Å². The van der Waals surface area contributed by atoms with E-state index in [1.54, 1.807) is 0 Å². The normalized spacial score (nSPS) is 10.0. The number of benzene rings is 1. The number of unbranched alkanes of at least 4 members (excludes halogenated alkanes) is 4. The van der Waals surface area contributed by atoms with Crippen LogP contribution in [0, 0.1) is 0 Å². The third kappa shape index (κ3) is 6.23. The minimum atomic E-state index is 0.773. The van der Waals surface area contributed by atoms with Crippen molar-refractivity contribution >= 4 is 6.41 Å². The quantitative estimate of drug-likeness (QED) is 0.502. The lowest BCUT2D eigenvalue weighted by atomic mass is 10.1. The number of hydrogen-bond acceptors (Lipinski definition) is 1. The first-order valence-electron chi connectivity index (χ1n) is 6.14. The zero-order valence-corrected chi connectivity index (χ0v) is 9.82. The molecule has 0 saturated carbocycles. The Kier molecular flexibility index (Phi) is 7.14. The second kappa shape index (κ2) is 8.96. The second-order valence-corrected chi connectivity index (χ2v) is 4.08. The van der Waals surface area contributed by atoms with Gasteiger partial charge in [0.15, 0.2) is 0 Å². The molecule has 0 bridgehead atoms. The van der Waals surface area contributed by atoms with Gasteiger partial charge >= 0.3 is 0 Å². The van der Waals surface area contributed by atoms with Crippen LogP contribution in [0.3, 0.4) is 0 Å². The number of rotatable bonds is 9. The summed E-state index contributed by atoms with van der Waals surface area (Å²) in [5.74, 6) is 0. The smallest absolute Gasteiger partial charge is 0.207 e. The van der Waals surface area contributed by atoms with E-state index in [9.17, 15) is 4.79 Å². The monoisotopic (exact) mass is 219 g/mol. The third-order valence-corrected chi connectivity index (χ3v) is 2.71. The standard InChI is InChI=1S/C14H21NO/c16-13-15-12-8-3-1-2-5-9-14-10-6-4-7-11-14/h4,6-7,10-11,13H,1-3,5,8-9,12H2,(H,15,16). The van der Waals surface area contributed by atoms with Gasteiger partial charge < -0.3 is 5.32 Å². The fraction of sp³-hybridized carbons (Fsp3) is 0.500. The Balaban J connectivity index is 1.90. The van der Waals surface area contributed by atoms with Gasteiger partial charge in [0.25, 0.3) is 0 Å². The van der Waals surface area contributed by atoms with Gasteiger partial charge in [-0.25, -0.2) is 0 Å². The van der Waals surface area contributed by atoms with Gasteiger partial charge in [-0.1, -0.05) is 49.6 Å². The maximum absolute atomic E-state index is 9.99. The summed E-state index contributed by atoms with van der Waals surface area (Å²) in [5.41, 5.74) is 1.44. The molecule has 0 aliphatic rings. The van der Waals surface area contributed by atoms with E-state index in [1.807, 2.05) is 0 Å². The molecule has 0 fully saturated rings. The van der Waals surface area contributed by atoms with Gasteiger partial charge in [-0.05, 0) is 24.8 Å². The van der Waals surface area contributed by atoms with Gasteiger partial charge in [0, 0.05) is 6.54 Å². The summed E-state index contributed by atoms with van der Waals surface area (Å²) in [4.78, 5) is 9.99. The molecule has 0 aromatic heterocycles. The molecule has 0 atom stereocenters. The molecule has 1 aromatic carbocycles. The van der Waals surface area contributed by atoms with Crippen LogP contribution in [-0.2, 0) is 11.2 Å². The van der Waals surface area contributed by atoms with Crippen molar-refractivity contribution in [3.63, 3.8) is 0 Å². The highest BCUT2D eigenvalue weighted by molar-refractivity contribution is 5.45. The third-order valence-electron chi connectivity index (χ3n) is 2.71. The molecule has 0 unspecified atom stereocenters. The highest BCUT2D eigenvalue weighted by Gasteiger charge is 1.93. The van der Waals surface area contributed by atoms with Gasteiger partial charge in [0.05, 0.1) is 0 Å². The molecule has 0 spiro atoms. The van der Waals surface area contributed by atoms with Gasteiger partial charge in [-0.15, -0.1) is 0 Å². The summed E-state index contributed by atoms with van der Waals surface area (Å²) >= 11 is 0. The number of carbonyl (C=O) groups excluding carboxylic acids is 1. The minimum absolute atomic E-state index is 0.773. The molecule has 2 nitrogen and oxygen atoms in total. The van der Waals surface area contributed by atoms with Crippen LogP contribution in [0.25, 0.3) is 0 Å². The Morgan fingerprint density at radius 1 is 0.938 bits per heavy atom. The van der Waals surface area contributed by atoms with E-state index >= 15 is 0 Å². The maximum atomic E-state index is 9.99. The molecular weight excluding hydrogens is 198 g/mol. The summed E-state index contributed by atoms with van der Waals surface area (Å²) in [7, 11) is 0. The second-order valence-electron chi connectivity index (χ2n) is 4.08. The van der Waals surface area contributed by atoms with Crippen molar-refractivity contribution in [3.8, 4) is 0 Å². The van der Waals surface area contributed by atoms with E-state index in [0.29, 0.717) is 0 Å². The predicted octanol–water partition coefficient (Wildman–Crippen LogP) is 2.93. The summed E-state index contributed by atoms with van der Waals surface area (Å²) in [6.45, 7) is 0.822. The lowest BCUT2D eigenvalue weighted by molar-refractivity contribution is -0.109. The van der Waals surface area contributed by atoms with Gasteiger partial charge in [0.1, 0.15) is 0 Å². The number of amides is 1. The molecule has 0 saturated heterocycles. The lowest BCUT2D eigenvalue weighted by Crippen LogP contribution is -2.11. The van der Waals surface area contributed by atoms with Crippen LogP contribution in [0.2, 0.25) is 0 Å². The van der Waals surface area contributed by atoms with Crippen molar-refractivity contribution in [1.82, 2.24) is 5.32 Å². The van der Waals surface area contributed by atoms with E-state index in [-0.39, 0.29) is 0 Å². The van der Waals surface area contributed by atoms with Crippen LogP contribution >= 0.6 is 0 Å². The van der Waals surface area contributed by atoms with Crippen molar-refractivity contribution in [2.75, 3.05) is 6.54 Å². The number of carbonyl (C=O) groups is 1. The first-order chi connectivity index (χ1) is 7.93. The Bertz CT molecular complexity index is 271. The molecule has 1 aromatic rings. The molecule has 2 heteroatoms. The van der Waals surface area contributed by atoms with Crippen molar-refractivity contribution in [1.29, 1.82) is 0 Å². The molecule has 1 amide bonds. The Morgan fingerprint density at radius 3 is 2.38 bits per heavy atom. The average Bonchev–Trinajstić information content (AvgIpc) is 2.34. The fourth-order valence-electron chi connectivity index (χ4n) is 1.79. The van der Waals surface area contributed by atoms with E-state index < -0.39 is 0 Å². The van der Waals surface area contributed by atoms with Crippen molar-refractivity contribution in [2.24, 2.45) is 0 Å². The average molecular weight is 219 g/mol. The van der Waals surface area contributed by atoms with Gasteiger partial charge in [-0.2, -0.15) is 0 Å². The molecule has 1 rings (SSSR count). The number of hydrogen-bond donors (Lipinski definition) is 1. The van der Waals surface area contributed by atoms with E-state index in [0.717, 1.165) is 19.4 Å². The van der Waals surface area contributed by atoms with E-state index in [1.165, 1.54) is 37.7 Å². The molecule has 0 aliphatic carbocycles. The molecule has 1 N–H and O–H groups in total. The Hall–Kier alpha value is -1.31. The number of nitrogens with one attached hydrogen (secondary N) is 1. The molecule has 88 valence electrons. The first kappa shape index (κ1) is 12.8. The minimum Gasteiger partial charge on any atom is -0.359 e. The van der Waals surface area contributed by atoms with Gasteiger partial charge in [0.2, 0.25) is 6.41 Å². The fourth-order valence-corrected chi connectivity index (χ4v) is 1.79. The topological polar surface area (TPSA) is 29.1 Å². The van der Waals surface area contributed by atoms with Crippen molar-refractivity contribution < 1.29 is 4.79 Å². The van der Waals surface area contributed by atoms with Gasteiger partial charge in [-0.3, -0.25) is 4.79 Å². The maximum Gasteiger partial charge on any atom is 0.207 e. The molecular formula is C14H21NO.